The lowest BCUT2D eigenvalue weighted by Crippen LogP contribution is -2.44. The second kappa shape index (κ2) is 7.93. The lowest BCUT2D eigenvalue weighted by molar-refractivity contribution is 0.145. The topological polar surface area (TPSA) is 41.5 Å². The van der Waals surface area contributed by atoms with E-state index in [2.05, 4.69) is 41.1 Å². The smallest absolute Gasteiger partial charge is 0.129 e. The van der Waals surface area contributed by atoms with Crippen molar-refractivity contribution in [3.8, 4) is 5.75 Å². The Hall–Kier alpha value is -2.76. The monoisotopic (exact) mass is 386 g/mol. The van der Waals surface area contributed by atoms with Gasteiger partial charge in [0.25, 0.3) is 0 Å². The molecule has 29 heavy (non-hydrogen) atoms. The molecule has 1 aliphatic rings. The van der Waals surface area contributed by atoms with Crippen LogP contribution in [0.25, 0.3) is 32.8 Å². The number of aromatic nitrogens is 2. The number of likely N-dealkylation sites (N-methyl/N-ethyl adjacent to an activating group) is 1. The van der Waals surface area contributed by atoms with E-state index in [4.69, 9.17) is 14.7 Å². The maximum absolute atomic E-state index is 6.25. The first kappa shape index (κ1) is 18.3. The summed E-state index contributed by atoms with van der Waals surface area (Å²) in [7, 11) is 2.19. The number of ether oxygens (including phenoxy) is 1. The van der Waals surface area contributed by atoms with Crippen molar-refractivity contribution in [2.24, 2.45) is 0 Å². The van der Waals surface area contributed by atoms with Crippen molar-refractivity contribution >= 4 is 32.8 Å². The van der Waals surface area contributed by atoms with Gasteiger partial charge in [0.1, 0.15) is 5.75 Å². The summed E-state index contributed by atoms with van der Waals surface area (Å²) >= 11 is 0. The average molecular weight is 386 g/mol. The van der Waals surface area contributed by atoms with E-state index in [0.717, 1.165) is 77.7 Å². The van der Waals surface area contributed by atoms with Gasteiger partial charge in [-0.1, -0.05) is 36.4 Å². The van der Waals surface area contributed by atoms with Crippen LogP contribution in [0.2, 0.25) is 0 Å². The van der Waals surface area contributed by atoms with Crippen LogP contribution < -0.4 is 4.74 Å². The minimum Gasteiger partial charge on any atom is -0.493 e. The van der Waals surface area contributed by atoms with Crippen LogP contribution in [0, 0.1) is 0 Å². The van der Waals surface area contributed by atoms with Crippen LogP contribution in [0.5, 0.6) is 5.75 Å². The van der Waals surface area contributed by atoms with Crippen LogP contribution in [0.4, 0.5) is 0 Å². The van der Waals surface area contributed by atoms with Crippen molar-refractivity contribution in [2.45, 2.75) is 6.42 Å². The minimum absolute atomic E-state index is 0.711. The minimum atomic E-state index is 0.711. The summed E-state index contributed by atoms with van der Waals surface area (Å²) in [5, 5.41) is 2.20. The lowest BCUT2D eigenvalue weighted by atomic mass is 10.1. The zero-order chi connectivity index (χ0) is 19.6. The summed E-state index contributed by atoms with van der Waals surface area (Å²) in [5.41, 5.74) is 3.66. The highest BCUT2D eigenvalue weighted by Crippen LogP contribution is 2.32. The van der Waals surface area contributed by atoms with Gasteiger partial charge in [-0.3, -0.25) is 0 Å². The molecule has 3 aromatic carbocycles. The van der Waals surface area contributed by atoms with E-state index >= 15 is 0 Å². The molecular formula is C24H26N4O. The number of hydrogen-bond acceptors (Lipinski definition) is 5. The molecule has 0 radical (unpaired) electrons. The molecule has 1 saturated heterocycles. The van der Waals surface area contributed by atoms with Gasteiger partial charge in [-0.05, 0) is 25.6 Å². The molecule has 0 unspecified atom stereocenters. The number of hydrogen-bond donors (Lipinski definition) is 0. The molecule has 0 aliphatic carbocycles. The van der Waals surface area contributed by atoms with Gasteiger partial charge in [-0.2, -0.15) is 0 Å². The van der Waals surface area contributed by atoms with Gasteiger partial charge in [0.05, 0.1) is 28.7 Å². The number of benzene rings is 3. The van der Waals surface area contributed by atoms with Gasteiger partial charge >= 0.3 is 0 Å². The molecule has 148 valence electrons. The van der Waals surface area contributed by atoms with Crippen LogP contribution in [-0.2, 0) is 0 Å². The molecule has 0 spiro atoms. The number of piperazine rings is 1. The molecule has 0 bridgehead atoms. The van der Waals surface area contributed by atoms with Gasteiger partial charge in [-0.25, -0.2) is 9.97 Å². The molecule has 1 aliphatic heterocycles. The quantitative estimate of drug-likeness (QED) is 0.295. The fourth-order valence-electron chi connectivity index (χ4n) is 4.08. The highest BCUT2D eigenvalue weighted by Gasteiger charge is 2.14. The third-order valence-corrected chi connectivity index (χ3v) is 5.79. The van der Waals surface area contributed by atoms with Crippen LogP contribution in [-0.4, -0.2) is 66.1 Å². The molecular weight excluding hydrogens is 360 g/mol. The predicted molar refractivity (Wildman–Crippen MR) is 119 cm³/mol. The first-order chi connectivity index (χ1) is 14.3. The molecule has 0 amide bonds. The summed E-state index contributed by atoms with van der Waals surface area (Å²) < 4.78 is 6.25. The molecule has 1 fully saturated rings. The normalized spacial score (nSPS) is 16.0. The van der Waals surface area contributed by atoms with E-state index < -0.39 is 0 Å². The van der Waals surface area contributed by atoms with Crippen molar-refractivity contribution in [3.63, 3.8) is 0 Å². The molecule has 5 heteroatoms. The molecule has 0 atom stereocenters. The Morgan fingerprint density at radius 3 is 2.31 bits per heavy atom. The molecule has 2 heterocycles. The van der Waals surface area contributed by atoms with Crippen LogP contribution >= 0.6 is 0 Å². The van der Waals surface area contributed by atoms with E-state index in [1.807, 2.05) is 30.3 Å². The van der Waals surface area contributed by atoms with Crippen LogP contribution in [0.3, 0.4) is 0 Å². The summed E-state index contributed by atoms with van der Waals surface area (Å²) in [6.45, 7) is 6.41. The number of para-hydroxylation sites is 2. The Balaban J connectivity index is 1.40. The van der Waals surface area contributed by atoms with Gasteiger partial charge in [0, 0.05) is 49.6 Å². The Bertz CT molecular complexity index is 1150. The Morgan fingerprint density at radius 1 is 0.828 bits per heavy atom. The fraction of sp³-hybridized carbons (Fsp3) is 0.333. The summed E-state index contributed by atoms with van der Waals surface area (Å²) in [6.07, 6.45) is 1.03. The third kappa shape index (κ3) is 3.76. The standard InChI is InChI=1S/C24H26N4O/c1-27-12-14-28(15-13-27)11-6-16-29-23-17-22-24(19-8-3-2-7-18(19)23)26-21-10-5-4-9-20(21)25-22/h2-5,7-10,17H,6,11-16H2,1H3. The molecule has 5 rings (SSSR count). The Morgan fingerprint density at radius 2 is 1.52 bits per heavy atom. The third-order valence-electron chi connectivity index (χ3n) is 5.79. The maximum Gasteiger partial charge on any atom is 0.129 e. The molecule has 4 aromatic rings. The average Bonchev–Trinajstić information content (AvgIpc) is 2.76. The predicted octanol–water partition coefficient (Wildman–Crippen LogP) is 3.95. The SMILES string of the molecule is CN1CCN(CCCOc2cc3nc4ccccc4nc3c3ccccc23)CC1. The molecule has 0 N–H and O–H groups in total. The van der Waals surface area contributed by atoms with Crippen molar-refractivity contribution in [1.82, 2.24) is 19.8 Å². The van der Waals surface area contributed by atoms with E-state index in [1.165, 1.54) is 0 Å². The lowest BCUT2D eigenvalue weighted by Gasteiger charge is -2.32. The fourth-order valence-corrected chi connectivity index (χ4v) is 4.08. The van der Waals surface area contributed by atoms with E-state index in [0.29, 0.717) is 6.61 Å². The van der Waals surface area contributed by atoms with E-state index in [-0.39, 0.29) is 0 Å². The van der Waals surface area contributed by atoms with Crippen molar-refractivity contribution < 1.29 is 4.74 Å². The zero-order valence-electron chi connectivity index (χ0n) is 16.8. The number of rotatable bonds is 5. The van der Waals surface area contributed by atoms with E-state index in [9.17, 15) is 0 Å². The zero-order valence-corrected chi connectivity index (χ0v) is 16.8. The number of nitrogens with zero attached hydrogens (tertiary/aromatic N) is 4. The summed E-state index contributed by atoms with van der Waals surface area (Å²) in [5.74, 6) is 0.899. The second-order valence-electron chi connectivity index (χ2n) is 7.85. The summed E-state index contributed by atoms with van der Waals surface area (Å²) in [6, 6.07) is 18.4. The van der Waals surface area contributed by atoms with Gasteiger partial charge in [-0.15, -0.1) is 0 Å². The van der Waals surface area contributed by atoms with Crippen LogP contribution in [0.15, 0.2) is 54.6 Å². The highest BCUT2D eigenvalue weighted by atomic mass is 16.5. The largest absolute Gasteiger partial charge is 0.493 e. The van der Waals surface area contributed by atoms with Gasteiger partial charge in [0.15, 0.2) is 0 Å². The van der Waals surface area contributed by atoms with Gasteiger partial charge < -0.3 is 14.5 Å². The Kier molecular flexibility index (Phi) is 5.00. The highest BCUT2D eigenvalue weighted by molar-refractivity contribution is 6.08. The maximum atomic E-state index is 6.25. The van der Waals surface area contributed by atoms with E-state index in [1.54, 1.807) is 0 Å². The van der Waals surface area contributed by atoms with Crippen molar-refractivity contribution in [1.29, 1.82) is 0 Å². The summed E-state index contributed by atoms with van der Waals surface area (Å²) in [4.78, 5) is 14.6. The molecule has 0 saturated carbocycles. The van der Waals surface area contributed by atoms with Gasteiger partial charge in [0.2, 0.25) is 0 Å². The first-order valence-corrected chi connectivity index (χ1v) is 10.4. The first-order valence-electron chi connectivity index (χ1n) is 10.4. The van der Waals surface area contributed by atoms with Crippen molar-refractivity contribution in [3.05, 3.63) is 54.6 Å². The second-order valence-corrected chi connectivity index (χ2v) is 7.85. The molecule has 5 nitrogen and oxygen atoms in total. The Labute approximate surface area is 170 Å². The van der Waals surface area contributed by atoms with Crippen molar-refractivity contribution in [2.75, 3.05) is 46.4 Å². The number of fused-ring (bicyclic) bond motifs is 4. The molecule has 1 aromatic heterocycles. The van der Waals surface area contributed by atoms with Crippen LogP contribution in [0.1, 0.15) is 6.42 Å².